The van der Waals surface area contributed by atoms with Crippen LogP contribution in [0.15, 0.2) is 34.9 Å². The number of carbonyl (C=O) groups excluding carboxylic acids is 2. The van der Waals surface area contributed by atoms with E-state index in [1.165, 1.54) is 17.3 Å². The number of nitrogens with one attached hydrogen (secondary N) is 1. The fraction of sp³-hybridized carbons (Fsp3) is 0.476. The van der Waals surface area contributed by atoms with Crippen LogP contribution in [0.3, 0.4) is 0 Å². The Kier molecular flexibility index (Phi) is 7.29. The normalized spacial score (nSPS) is 12.5. The van der Waals surface area contributed by atoms with Crippen LogP contribution in [0.1, 0.15) is 44.6 Å². The molecule has 0 aliphatic heterocycles. The van der Waals surface area contributed by atoms with Gasteiger partial charge < -0.3 is 14.7 Å². The quantitative estimate of drug-likeness (QED) is 0.756. The minimum Gasteiger partial charge on any atom is -0.360 e. The molecule has 0 aliphatic carbocycles. The molecule has 1 atom stereocenters. The van der Waals surface area contributed by atoms with Crippen molar-refractivity contribution in [1.82, 2.24) is 10.1 Å². The average molecular weight is 404 g/mol. The van der Waals surface area contributed by atoms with Crippen LogP contribution < -0.4 is 5.32 Å². The molecular weight excluding hydrogens is 374 g/mol. The van der Waals surface area contributed by atoms with E-state index in [0.29, 0.717) is 18.1 Å². The number of hydrogen-bond donors (Lipinski definition) is 1. The van der Waals surface area contributed by atoms with E-state index in [4.69, 9.17) is 4.52 Å². The Morgan fingerprint density at radius 2 is 1.89 bits per heavy atom. The number of aryl methyl sites for hydroxylation is 1. The number of rotatable bonds is 7. The second-order valence-corrected chi connectivity index (χ2v) is 9.29. The first kappa shape index (κ1) is 22.0. The van der Waals surface area contributed by atoms with Crippen LogP contribution >= 0.6 is 11.8 Å². The third-order valence-corrected chi connectivity index (χ3v) is 5.50. The van der Waals surface area contributed by atoms with E-state index in [1.54, 1.807) is 31.9 Å². The van der Waals surface area contributed by atoms with Gasteiger partial charge in [-0.25, -0.2) is 0 Å². The largest absolute Gasteiger partial charge is 0.360 e. The molecule has 2 amide bonds. The fourth-order valence-corrected chi connectivity index (χ4v) is 3.33. The van der Waals surface area contributed by atoms with Gasteiger partial charge in [-0.3, -0.25) is 9.59 Å². The first-order valence-electron chi connectivity index (χ1n) is 9.25. The third kappa shape index (κ3) is 6.41. The topological polar surface area (TPSA) is 75.4 Å². The van der Waals surface area contributed by atoms with Gasteiger partial charge in [0.05, 0.1) is 11.0 Å². The van der Waals surface area contributed by atoms with Gasteiger partial charge in [0, 0.05) is 19.7 Å². The summed E-state index contributed by atoms with van der Waals surface area (Å²) < 4.78 is 4.92. The van der Waals surface area contributed by atoms with Crippen LogP contribution in [0.25, 0.3) is 0 Å². The lowest BCUT2D eigenvalue weighted by molar-refractivity contribution is -0.127. The van der Waals surface area contributed by atoms with Crippen molar-refractivity contribution in [3.8, 4) is 0 Å². The van der Waals surface area contributed by atoms with Gasteiger partial charge >= 0.3 is 0 Å². The summed E-state index contributed by atoms with van der Waals surface area (Å²) in [6.07, 6.45) is 0. The van der Waals surface area contributed by atoms with Crippen LogP contribution in [0, 0.1) is 6.92 Å². The molecule has 0 fully saturated rings. The summed E-state index contributed by atoms with van der Waals surface area (Å²) in [6, 6.07) is 10.0. The number of thioether (sulfide) groups is 1. The number of carbonyl (C=O) groups is 2. The van der Waals surface area contributed by atoms with Gasteiger partial charge in [-0.05, 0) is 30.4 Å². The lowest BCUT2D eigenvalue weighted by Gasteiger charge is -2.21. The predicted molar refractivity (Wildman–Crippen MR) is 113 cm³/mol. The molecule has 7 heteroatoms. The Hall–Kier alpha value is -2.28. The molecule has 152 valence electrons. The van der Waals surface area contributed by atoms with Gasteiger partial charge in [0.15, 0.2) is 5.82 Å². The monoisotopic (exact) mass is 403 g/mol. The standard InChI is InChI=1S/C21H29N3O3S/c1-14-11-18(23-27-14)22-20(26)15(2)28-13-19(25)24(6)12-16-7-9-17(10-8-16)21(3,4)5/h7-11,15H,12-13H2,1-6H3,(H,22,23,26). The lowest BCUT2D eigenvalue weighted by Crippen LogP contribution is -2.30. The summed E-state index contributed by atoms with van der Waals surface area (Å²) in [5, 5.41) is 6.05. The van der Waals surface area contributed by atoms with Gasteiger partial charge in [0.25, 0.3) is 0 Å². The first-order chi connectivity index (χ1) is 13.1. The van der Waals surface area contributed by atoms with E-state index in [-0.39, 0.29) is 28.2 Å². The minimum atomic E-state index is -0.375. The molecule has 0 spiro atoms. The van der Waals surface area contributed by atoms with E-state index in [2.05, 4.69) is 55.5 Å². The van der Waals surface area contributed by atoms with Gasteiger partial charge in [-0.15, -0.1) is 11.8 Å². The maximum atomic E-state index is 12.4. The summed E-state index contributed by atoms with van der Waals surface area (Å²) in [5.74, 6) is 1.04. The zero-order valence-corrected chi connectivity index (χ0v) is 18.2. The van der Waals surface area contributed by atoms with Crippen molar-refractivity contribution >= 4 is 29.4 Å². The molecule has 1 N–H and O–H groups in total. The van der Waals surface area contributed by atoms with Crippen molar-refractivity contribution in [2.45, 2.75) is 51.8 Å². The highest BCUT2D eigenvalue weighted by atomic mass is 32.2. The molecule has 6 nitrogen and oxygen atoms in total. The number of nitrogens with zero attached hydrogens (tertiary/aromatic N) is 2. The van der Waals surface area contributed by atoms with E-state index in [0.717, 1.165) is 5.56 Å². The molecule has 0 saturated heterocycles. The third-order valence-electron chi connectivity index (χ3n) is 4.37. The molecule has 1 aromatic heterocycles. The molecule has 1 aromatic carbocycles. The van der Waals surface area contributed by atoms with Crippen LogP contribution in [0.2, 0.25) is 0 Å². The maximum Gasteiger partial charge on any atom is 0.238 e. The van der Waals surface area contributed by atoms with Crippen LogP contribution in [0.5, 0.6) is 0 Å². The van der Waals surface area contributed by atoms with E-state index in [9.17, 15) is 9.59 Å². The van der Waals surface area contributed by atoms with Crippen molar-refractivity contribution in [2.24, 2.45) is 0 Å². The van der Waals surface area contributed by atoms with E-state index in [1.807, 2.05) is 0 Å². The number of hydrogen-bond acceptors (Lipinski definition) is 5. The maximum absolute atomic E-state index is 12.4. The molecular formula is C21H29N3O3S. The van der Waals surface area contributed by atoms with E-state index < -0.39 is 0 Å². The molecule has 1 heterocycles. The Labute approximate surface area is 171 Å². The van der Waals surface area contributed by atoms with Crippen LogP contribution in [-0.4, -0.2) is 39.9 Å². The summed E-state index contributed by atoms with van der Waals surface area (Å²) in [4.78, 5) is 26.3. The van der Waals surface area contributed by atoms with Gasteiger partial charge in [0.2, 0.25) is 11.8 Å². The molecule has 0 bridgehead atoms. The summed E-state index contributed by atoms with van der Waals surface area (Å²) in [7, 11) is 1.78. The van der Waals surface area contributed by atoms with Crippen molar-refractivity contribution in [3.05, 3.63) is 47.2 Å². The van der Waals surface area contributed by atoms with Crippen molar-refractivity contribution in [2.75, 3.05) is 18.1 Å². The Balaban J connectivity index is 1.80. The Bertz CT molecular complexity index is 809. The zero-order valence-electron chi connectivity index (χ0n) is 17.4. The summed E-state index contributed by atoms with van der Waals surface area (Å²) >= 11 is 1.30. The second kappa shape index (κ2) is 9.28. The molecule has 28 heavy (non-hydrogen) atoms. The highest BCUT2D eigenvalue weighted by molar-refractivity contribution is 8.01. The average Bonchev–Trinajstić information content (AvgIpc) is 3.03. The van der Waals surface area contributed by atoms with Crippen LogP contribution in [0.4, 0.5) is 5.82 Å². The smallest absolute Gasteiger partial charge is 0.238 e. The van der Waals surface area contributed by atoms with Gasteiger partial charge in [-0.1, -0.05) is 50.2 Å². The summed E-state index contributed by atoms with van der Waals surface area (Å²) in [6.45, 7) is 10.6. The van der Waals surface area contributed by atoms with Gasteiger partial charge in [-0.2, -0.15) is 0 Å². The number of aromatic nitrogens is 1. The molecule has 0 radical (unpaired) electrons. The van der Waals surface area contributed by atoms with Crippen molar-refractivity contribution in [1.29, 1.82) is 0 Å². The highest BCUT2D eigenvalue weighted by Crippen LogP contribution is 2.22. The number of amides is 2. The van der Waals surface area contributed by atoms with E-state index >= 15 is 0 Å². The highest BCUT2D eigenvalue weighted by Gasteiger charge is 2.19. The number of benzene rings is 1. The SMILES string of the molecule is Cc1cc(NC(=O)C(C)SCC(=O)N(C)Cc2ccc(C(C)(C)C)cc2)no1. The van der Waals surface area contributed by atoms with Crippen LogP contribution in [-0.2, 0) is 21.5 Å². The Morgan fingerprint density at radius 3 is 2.43 bits per heavy atom. The second-order valence-electron chi connectivity index (χ2n) is 7.96. The Morgan fingerprint density at radius 1 is 1.25 bits per heavy atom. The minimum absolute atomic E-state index is 0.0122. The zero-order chi connectivity index (χ0) is 20.9. The first-order valence-corrected chi connectivity index (χ1v) is 10.3. The molecule has 2 aromatic rings. The predicted octanol–water partition coefficient (Wildman–Crippen LogP) is 4.00. The summed E-state index contributed by atoms with van der Waals surface area (Å²) in [5.41, 5.74) is 2.46. The number of anilines is 1. The molecule has 1 unspecified atom stereocenters. The van der Waals surface area contributed by atoms with Gasteiger partial charge in [0.1, 0.15) is 5.76 Å². The fourth-order valence-electron chi connectivity index (χ4n) is 2.51. The van der Waals surface area contributed by atoms with Crippen molar-refractivity contribution < 1.29 is 14.1 Å². The molecule has 0 saturated carbocycles. The molecule has 0 aliphatic rings. The lowest BCUT2D eigenvalue weighted by atomic mass is 9.87. The molecule has 2 rings (SSSR count). The van der Waals surface area contributed by atoms with Crippen molar-refractivity contribution in [3.63, 3.8) is 0 Å².